The number of ether oxygens (including phenoxy) is 2. The van der Waals surface area contributed by atoms with Crippen LogP contribution in [0.2, 0.25) is 0 Å². The Labute approximate surface area is 152 Å². The first-order valence-electron chi connectivity index (χ1n) is 7.59. The number of hydrogen-bond acceptors (Lipinski definition) is 8. The van der Waals surface area contributed by atoms with Crippen molar-refractivity contribution in [1.82, 2.24) is 4.90 Å². The fraction of sp³-hybridized carbons (Fsp3) is 0.643. The lowest BCUT2D eigenvalue weighted by atomic mass is 10.1. The van der Waals surface area contributed by atoms with Crippen LogP contribution in [0.3, 0.4) is 0 Å². The van der Waals surface area contributed by atoms with Crippen LogP contribution < -0.4 is 0 Å². The highest BCUT2D eigenvalue weighted by Crippen LogP contribution is 2.07. The van der Waals surface area contributed by atoms with Gasteiger partial charge in [0.05, 0.1) is 26.1 Å². The van der Waals surface area contributed by atoms with Gasteiger partial charge in [0.2, 0.25) is 0 Å². The molecule has 0 rings (SSSR count). The van der Waals surface area contributed by atoms with E-state index >= 15 is 0 Å². The Kier molecular flexibility index (Phi) is 11.3. The number of aliphatic carboxylic acids is 5. The molecule has 0 amide bonds. The summed E-state index contributed by atoms with van der Waals surface area (Å²) in [6, 6.07) is -1.50. The monoisotopic (exact) mass is 395 g/mol. The van der Waals surface area contributed by atoms with Crippen molar-refractivity contribution >= 4 is 29.8 Å². The van der Waals surface area contributed by atoms with E-state index in [1.807, 2.05) is 0 Å². The molecule has 0 aromatic heterocycles. The molecule has 13 heteroatoms. The van der Waals surface area contributed by atoms with E-state index in [1.54, 1.807) is 0 Å². The van der Waals surface area contributed by atoms with Crippen LogP contribution in [0.4, 0.5) is 0 Å². The summed E-state index contributed by atoms with van der Waals surface area (Å²) in [5, 5.41) is 44.0. The first kappa shape index (κ1) is 24.2. The van der Waals surface area contributed by atoms with Gasteiger partial charge in [-0.05, 0) is 0 Å². The maximum absolute atomic E-state index is 11.3. The van der Waals surface area contributed by atoms with E-state index < -0.39 is 68.0 Å². The van der Waals surface area contributed by atoms with Gasteiger partial charge in [-0.3, -0.25) is 19.3 Å². The van der Waals surface area contributed by atoms with Gasteiger partial charge in [0.1, 0.15) is 12.6 Å². The zero-order chi connectivity index (χ0) is 21.0. The second-order valence-corrected chi connectivity index (χ2v) is 5.23. The minimum absolute atomic E-state index is 0.169. The molecule has 154 valence electrons. The first-order chi connectivity index (χ1) is 12.5. The minimum atomic E-state index is -1.66. The van der Waals surface area contributed by atoms with E-state index in [0.717, 1.165) is 4.90 Å². The van der Waals surface area contributed by atoms with Gasteiger partial charge in [-0.1, -0.05) is 0 Å². The summed E-state index contributed by atoms with van der Waals surface area (Å²) in [4.78, 5) is 55.2. The number of carboxylic acids is 5. The highest BCUT2D eigenvalue weighted by Gasteiger charge is 2.29. The molecule has 0 spiro atoms. The van der Waals surface area contributed by atoms with Crippen LogP contribution in [-0.4, -0.2) is 105 Å². The maximum Gasteiger partial charge on any atom is 0.333 e. The summed E-state index contributed by atoms with van der Waals surface area (Å²) in [6.45, 7) is -1.68. The summed E-state index contributed by atoms with van der Waals surface area (Å²) in [5.74, 6) is -7.03. The molecule has 0 aliphatic heterocycles. The molecule has 27 heavy (non-hydrogen) atoms. The van der Waals surface area contributed by atoms with Crippen molar-refractivity contribution in [1.29, 1.82) is 0 Å². The molecule has 0 aliphatic carbocycles. The highest BCUT2D eigenvalue weighted by molar-refractivity contribution is 5.80. The van der Waals surface area contributed by atoms with Crippen molar-refractivity contribution in [2.75, 3.05) is 32.9 Å². The molecule has 5 N–H and O–H groups in total. The van der Waals surface area contributed by atoms with Gasteiger partial charge in [0.15, 0.2) is 6.10 Å². The van der Waals surface area contributed by atoms with Gasteiger partial charge in [-0.15, -0.1) is 0 Å². The predicted molar refractivity (Wildman–Crippen MR) is 83.3 cm³/mol. The fourth-order valence-corrected chi connectivity index (χ4v) is 1.99. The predicted octanol–water partition coefficient (Wildman–Crippen LogP) is -1.74. The molecule has 0 aromatic rings. The van der Waals surface area contributed by atoms with Crippen molar-refractivity contribution in [3.63, 3.8) is 0 Å². The largest absolute Gasteiger partial charge is 0.481 e. The molecule has 0 aromatic carbocycles. The van der Waals surface area contributed by atoms with Crippen molar-refractivity contribution in [2.24, 2.45) is 0 Å². The summed E-state index contributed by atoms with van der Waals surface area (Å²) < 4.78 is 9.71. The van der Waals surface area contributed by atoms with E-state index in [9.17, 15) is 29.1 Å². The Morgan fingerprint density at radius 3 is 1.74 bits per heavy atom. The molecule has 13 nitrogen and oxygen atoms in total. The van der Waals surface area contributed by atoms with Gasteiger partial charge in [-0.25, -0.2) is 9.59 Å². The Morgan fingerprint density at radius 1 is 0.741 bits per heavy atom. The standard InChI is InChI=1S/C14H21NO12/c16-10(17)5-8(13(22)23)15(1-3-26-7-12(20)21)2-4-27-9(14(24)25)6-11(18)19/h8-9H,1-7H2,(H,16,17)(H,18,19)(H,20,21)(H,22,23)(H,24,25). The van der Waals surface area contributed by atoms with Gasteiger partial charge in [-0.2, -0.15) is 0 Å². The van der Waals surface area contributed by atoms with Gasteiger partial charge in [0, 0.05) is 13.1 Å². The number of hydrogen-bond donors (Lipinski definition) is 5. The van der Waals surface area contributed by atoms with Gasteiger partial charge < -0.3 is 35.0 Å². The average molecular weight is 395 g/mol. The second kappa shape index (κ2) is 12.6. The van der Waals surface area contributed by atoms with Gasteiger partial charge >= 0.3 is 29.8 Å². The molecule has 0 fully saturated rings. The minimum Gasteiger partial charge on any atom is -0.481 e. The molecule has 0 aliphatic rings. The van der Waals surface area contributed by atoms with E-state index in [-0.39, 0.29) is 19.7 Å². The SMILES string of the molecule is O=C(O)COCCN(CCOC(CC(=O)O)C(=O)O)C(CC(=O)O)C(=O)O. The molecule has 0 radical (unpaired) electrons. The van der Waals surface area contributed by atoms with Crippen LogP contribution in [0.25, 0.3) is 0 Å². The summed E-state index contributed by atoms with van der Waals surface area (Å²) in [6.07, 6.45) is -3.24. The summed E-state index contributed by atoms with van der Waals surface area (Å²) in [5.41, 5.74) is 0. The van der Waals surface area contributed by atoms with Crippen molar-refractivity contribution in [3.8, 4) is 0 Å². The van der Waals surface area contributed by atoms with Crippen LogP contribution in [0.5, 0.6) is 0 Å². The summed E-state index contributed by atoms with van der Waals surface area (Å²) >= 11 is 0. The molecular weight excluding hydrogens is 374 g/mol. The smallest absolute Gasteiger partial charge is 0.333 e. The average Bonchev–Trinajstić information content (AvgIpc) is 2.52. The Hall–Kier alpha value is -2.77. The van der Waals surface area contributed by atoms with E-state index in [0.29, 0.717) is 0 Å². The lowest BCUT2D eigenvalue weighted by Gasteiger charge is -2.28. The molecular formula is C14H21NO12. The second-order valence-electron chi connectivity index (χ2n) is 5.23. The third-order valence-electron chi connectivity index (χ3n) is 3.18. The normalized spacial score (nSPS) is 13.1. The van der Waals surface area contributed by atoms with Crippen molar-refractivity contribution < 1.29 is 59.0 Å². The lowest BCUT2D eigenvalue weighted by Crippen LogP contribution is -2.46. The third-order valence-corrected chi connectivity index (χ3v) is 3.18. The first-order valence-corrected chi connectivity index (χ1v) is 7.59. The Bertz CT molecular complexity index is 548. The topological polar surface area (TPSA) is 208 Å². The third kappa shape index (κ3) is 11.5. The molecule has 0 bridgehead atoms. The van der Waals surface area contributed by atoms with Crippen LogP contribution in [0.1, 0.15) is 12.8 Å². The number of carbonyl (C=O) groups is 5. The molecule has 0 saturated heterocycles. The molecule has 0 saturated carbocycles. The zero-order valence-corrected chi connectivity index (χ0v) is 14.1. The Morgan fingerprint density at radius 2 is 1.30 bits per heavy atom. The highest BCUT2D eigenvalue weighted by atomic mass is 16.5. The van der Waals surface area contributed by atoms with E-state index in [4.69, 9.17) is 29.9 Å². The number of carboxylic acid groups (broad SMARTS) is 5. The Balaban J connectivity index is 4.91. The van der Waals surface area contributed by atoms with E-state index in [2.05, 4.69) is 0 Å². The van der Waals surface area contributed by atoms with Crippen molar-refractivity contribution in [3.05, 3.63) is 0 Å². The number of nitrogens with zero attached hydrogens (tertiary/aromatic N) is 1. The van der Waals surface area contributed by atoms with Crippen LogP contribution in [0, 0.1) is 0 Å². The zero-order valence-electron chi connectivity index (χ0n) is 14.1. The van der Waals surface area contributed by atoms with Crippen LogP contribution in [0.15, 0.2) is 0 Å². The quantitative estimate of drug-likeness (QED) is 0.184. The molecule has 0 heterocycles. The number of rotatable bonds is 16. The van der Waals surface area contributed by atoms with Crippen LogP contribution in [-0.2, 0) is 33.4 Å². The van der Waals surface area contributed by atoms with Gasteiger partial charge in [0.25, 0.3) is 0 Å². The maximum atomic E-state index is 11.3. The molecule has 2 unspecified atom stereocenters. The fourth-order valence-electron chi connectivity index (χ4n) is 1.99. The summed E-state index contributed by atoms with van der Waals surface area (Å²) in [7, 11) is 0. The van der Waals surface area contributed by atoms with E-state index in [1.165, 1.54) is 0 Å². The lowest BCUT2D eigenvalue weighted by molar-refractivity contribution is -0.158. The van der Waals surface area contributed by atoms with Crippen LogP contribution >= 0.6 is 0 Å². The van der Waals surface area contributed by atoms with Crippen molar-refractivity contribution in [2.45, 2.75) is 25.0 Å². The molecule has 2 atom stereocenters.